The lowest BCUT2D eigenvalue weighted by molar-refractivity contribution is -0.144. The highest BCUT2D eigenvalue weighted by Crippen LogP contribution is 2.30. The van der Waals surface area contributed by atoms with Crippen molar-refractivity contribution in [2.24, 2.45) is 0 Å². The molecule has 0 aliphatic rings. The summed E-state index contributed by atoms with van der Waals surface area (Å²) in [5.74, 6) is -0.268. The predicted octanol–water partition coefficient (Wildman–Crippen LogP) is 4.14. The molecular weight excluding hydrogens is 273 g/mol. The summed E-state index contributed by atoms with van der Waals surface area (Å²) in [6.07, 6.45) is 1.55. The van der Waals surface area contributed by atoms with Gasteiger partial charge >= 0.3 is 5.97 Å². The maximum Gasteiger partial charge on any atom is 0.328 e. The fourth-order valence-corrected chi connectivity index (χ4v) is 1.94. The molecule has 1 aromatic carbocycles. The minimum absolute atomic E-state index is 0.268. The van der Waals surface area contributed by atoms with Crippen LogP contribution in [0.4, 0.5) is 5.69 Å². The molecule has 0 aliphatic heterocycles. The lowest BCUT2D eigenvalue weighted by atomic mass is 10.1. The molecule has 1 rings (SSSR count). The van der Waals surface area contributed by atoms with Gasteiger partial charge in [-0.15, -0.1) is 0 Å². The van der Waals surface area contributed by atoms with Gasteiger partial charge in [0.2, 0.25) is 0 Å². The zero-order chi connectivity index (χ0) is 13.5. The first-order chi connectivity index (χ1) is 8.60. The largest absolute Gasteiger partial charge is 0.464 e. The molecule has 0 fully saturated rings. The van der Waals surface area contributed by atoms with Crippen molar-refractivity contribution in [1.82, 2.24) is 0 Å². The second-order valence-corrected chi connectivity index (χ2v) is 4.62. The molecule has 0 aliphatic carbocycles. The molecule has 18 heavy (non-hydrogen) atoms. The van der Waals surface area contributed by atoms with Crippen LogP contribution in [-0.2, 0) is 9.53 Å². The maximum absolute atomic E-state index is 11.8. The number of ether oxygens (including phenoxy) is 1. The van der Waals surface area contributed by atoms with E-state index in [0.717, 1.165) is 6.42 Å². The Hall–Kier alpha value is -0.930. The highest BCUT2D eigenvalue weighted by atomic mass is 35.5. The Morgan fingerprint density at radius 2 is 2.11 bits per heavy atom. The third-order valence-corrected chi connectivity index (χ3v) is 3.25. The minimum atomic E-state index is -0.397. The third-order valence-electron chi connectivity index (χ3n) is 2.43. The molecule has 100 valence electrons. The van der Waals surface area contributed by atoms with E-state index in [4.69, 9.17) is 27.9 Å². The van der Waals surface area contributed by atoms with E-state index >= 15 is 0 Å². The highest BCUT2D eigenvalue weighted by Gasteiger charge is 2.19. The van der Waals surface area contributed by atoms with Gasteiger partial charge in [-0.05, 0) is 25.5 Å². The van der Waals surface area contributed by atoms with Crippen LogP contribution in [0.5, 0.6) is 0 Å². The van der Waals surface area contributed by atoms with Crippen molar-refractivity contribution < 1.29 is 9.53 Å². The summed E-state index contributed by atoms with van der Waals surface area (Å²) in [5.41, 5.74) is 0.649. The predicted molar refractivity (Wildman–Crippen MR) is 75.4 cm³/mol. The fourth-order valence-electron chi connectivity index (χ4n) is 1.58. The van der Waals surface area contributed by atoms with Gasteiger partial charge in [-0.1, -0.05) is 42.6 Å². The van der Waals surface area contributed by atoms with E-state index in [-0.39, 0.29) is 5.97 Å². The monoisotopic (exact) mass is 289 g/mol. The Bertz CT molecular complexity index is 410. The first-order valence-electron chi connectivity index (χ1n) is 5.97. The van der Waals surface area contributed by atoms with Crippen LogP contribution < -0.4 is 5.32 Å². The lowest BCUT2D eigenvalue weighted by Gasteiger charge is -2.18. The molecule has 0 amide bonds. The Kier molecular flexibility index (Phi) is 6.30. The molecule has 3 nitrogen and oxygen atoms in total. The van der Waals surface area contributed by atoms with E-state index in [1.54, 1.807) is 25.1 Å². The molecule has 0 radical (unpaired) electrons. The van der Waals surface area contributed by atoms with Crippen LogP contribution in [0.25, 0.3) is 0 Å². The van der Waals surface area contributed by atoms with Crippen molar-refractivity contribution in [3.63, 3.8) is 0 Å². The smallest absolute Gasteiger partial charge is 0.328 e. The number of anilines is 1. The van der Waals surface area contributed by atoms with Crippen molar-refractivity contribution in [3.05, 3.63) is 28.2 Å². The number of carbonyl (C=O) groups excluding carboxylic acids is 1. The van der Waals surface area contributed by atoms with E-state index in [2.05, 4.69) is 5.32 Å². The SMILES string of the molecule is CCCC(Nc1cccc(Cl)c1Cl)C(=O)OCC. The molecule has 1 N–H and O–H groups in total. The summed E-state index contributed by atoms with van der Waals surface area (Å²) >= 11 is 12.0. The highest BCUT2D eigenvalue weighted by molar-refractivity contribution is 6.43. The summed E-state index contributed by atoms with van der Waals surface area (Å²) in [6.45, 7) is 4.16. The zero-order valence-electron chi connectivity index (χ0n) is 10.5. The first-order valence-corrected chi connectivity index (χ1v) is 6.72. The molecule has 0 bridgehead atoms. The van der Waals surface area contributed by atoms with Crippen LogP contribution in [0, 0.1) is 0 Å². The summed E-state index contributed by atoms with van der Waals surface area (Å²) in [7, 11) is 0. The van der Waals surface area contributed by atoms with Crippen molar-refractivity contribution in [3.8, 4) is 0 Å². The van der Waals surface area contributed by atoms with Gasteiger partial charge in [0.15, 0.2) is 0 Å². The Morgan fingerprint density at radius 3 is 2.72 bits per heavy atom. The molecule has 0 saturated heterocycles. The van der Waals surface area contributed by atoms with Crippen molar-refractivity contribution in [2.75, 3.05) is 11.9 Å². The number of halogens is 2. The van der Waals surface area contributed by atoms with Gasteiger partial charge in [-0.3, -0.25) is 0 Å². The van der Waals surface area contributed by atoms with E-state index in [0.29, 0.717) is 28.8 Å². The fraction of sp³-hybridized carbons (Fsp3) is 0.462. The van der Waals surface area contributed by atoms with Crippen LogP contribution in [0.2, 0.25) is 10.0 Å². The van der Waals surface area contributed by atoms with Crippen molar-refractivity contribution in [1.29, 1.82) is 0 Å². The Morgan fingerprint density at radius 1 is 1.39 bits per heavy atom. The lowest BCUT2D eigenvalue weighted by Crippen LogP contribution is -2.31. The maximum atomic E-state index is 11.8. The molecule has 0 saturated carbocycles. The molecule has 1 atom stereocenters. The van der Waals surface area contributed by atoms with Gasteiger partial charge in [0.05, 0.1) is 22.3 Å². The molecule has 0 aromatic heterocycles. The summed E-state index contributed by atoms with van der Waals surface area (Å²) in [5, 5.41) is 3.96. The Balaban J connectivity index is 2.82. The molecule has 1 aromatic rings. The van der Waals surface area contributed by atoms with E-state index in [9.17, 15) is 4.79 Å². The number of hydrogen-bond donors (Lipinski definition) is 1. The second-order valence-electron chi connectivity index (χ2n) is 3.84. The minimum Gasteiger partial charge on any atom is -0.464 e. The average Bonchev–Trinajstić information content (AvgIpc) is 2.34. The summed E-state index contributed by atoms with van der Waals surface area (Å²) in [4.78, 5) is 11.8. The first kappa shape index (κ1) is 15.1. The van der Waals surface area contributed by atoms with Crippen LogP contribution in [0.1, 0.15) is 26.7 Å². The number of benzene rings is 1. The Labute approximate surface area is 117 Å². The van der Waals surface area contributed by atoms with E-state index < -0.39 is 6.04 Å². The average molecular weight is 290 g/mol. The molecular formula is C13H17Cl2NO2. The summed E-state index contributed by atoms with van der Waals surface area (Å²) < 4.78 is 5.02. The number of hydrogen-bond acceptors (Lipinski definition) is 3. The van der Waals surface area contributed by atoms with Crippen molar-refractivity contribution >= 4 is 34.9 Å². The number of esters is 1. The normalized spacial score (nSPS) is 12.0. The van der Waals surface area contributed by atoms with Crippen molar-refractivity contribution in [2.45, 2.75) is 32.7 Å². The summed E-state index contributed by atoms with van der Waals surface area (Å²) in [6, 6.07) is 4.88. The van der Waals surface area contributed by atoms with Crippen LogP contribution >= 0.6 is 23.2 Å². The van der Waals surface area contributed by atoms with Crippen LogP contribution in [0.15, 0.2) is 18.2 Å². The van der Waals surface area contributed by atoms with Gasteiger partial charge < -0.3 is 10.1 Å². The van der Waals surface area contributed by atoms with E-state index in [1.165, 1.54) is 0 Å². The molecule has 0 heterocycles. The topological polar surface area (TPSA) is 38.3 Å². The molecule has 0 spiro atoms. The van der Waals surface area contributed by atoms with Gasteiger partial charge in [-0.2, -0.15) is 0 Å². The number of carbonyl (C=O) groups is 1. The molecule has 5 heteroatoms. The quantitative estimate of drug-likeness (QED) is 0.800. The van der Waals surface area contributed by atoms with Gasteiger partial charge in [0, 0.05) is 0 Å². The number of nitrogens with one attached hydrogen (secondary N) is 1. The third kappa shape index (κ3) is 4.07. The van der Waals surface area contributed by atoms with E-state index in [1.807, 2.05) is 6.92 Å². The van der Waals surface area contributed by atoms with Crippen LogP contribution in [0.3, 0.4) is 0 Å². The van der Waals surface area contributed by atoms with Gasteiger partial charge in [-0.25, -0.2) is 4.79 Å². The van der Waals surface area contributed by atoms with Gasteiger partial charge in [0.25, 0.3) is 0 Å². The standard InChI is InChI=1S/C13H17Cl2NO2/c1-3-6-11(13(17)18-4-2)16-10-8-5-7-9(14)12(10)15/h5,7-8,11,16H,3-4,6H2,1-2H3. The van der Waals surface area contributed by atoms with Gasteiger partial charge in [0.1, 0.15) is 6.04 Å². The second kappa shape index (κ2) is 7.49. The molecule has 1 unspecified atom stereocenters. The van der Waals surface area contributed by atoms with Crippen LogP contribution in [-0.4, -0.2) is 18.6 Å². The zero-order valence-corrected chi connectivity index (χ0v) is 12.0. The number of rotatable bonds is 6.